The number of hydrogen-bond donors (Lipinski definition) is 0. The number of rotatable bonds is 0. The predicted octanol–water partition coefficient (Wildman–Crippen LogP) is -0.740. The molecule has 0 aliphatic heterocycles. The maximum absolute atomic E-state index is 0. The zero-order valence-electron chi connectivity index (χ0n) is 2.43. The minimum Gasteiger partial charge on any atom is -2.00 e. The van der Waals surface area contributed by atoms with Gasteiger partial charge in [-0.3, -0.25) is 0 Å². The summed E-state index contributed by atoms with van der Waals surface area (Å²) in [6, 6.07) is 0. The Labute approximate surface area is 79.2 Å². The summed E-state index contributed by atoms with van der Waals surface area (Å²) in [5.41, 5.74) is 0. The summed E-state index contributed by atoms with van der Waals surface area (Å²) in [6.07, 6.45) is 0. The van der Waals surface area contributed by atoms with Crippen molar-refractivity contribution in [2.75, 3.05) is 0 Å². The van der Waals surface area contributed by atoms with Crippen molar-refractivity contribution >= 4 is 37.7 Å². The summed E-state index contributed by atoms with van der Waals surface area (Å²) in [5, 5.41) is 0. The van der Waals surface area contributed by atoms with Crippen molar-refractivity contribution in [3.8, 4) is 0 Å². The quantitative estimate of drug-likeness (QED) is 0.439. The van der Waals surface area contributed by atoms with E-state index in [1.807, 2.05) is 0 Å². The molecule has 0 saturated heterocycles. The van der Waals surface area contributed by atoms with Crippen LogP contribution < -0.4 is 0 Å². The molecular weight excluding hydrogens is 179 g/mol. The topological polar surface area (TPSA) is 85.5 Å². The molecular formula is CaO3Zr. The SMILES string of the molecule is [Ca+2].[O-2].[O-2].[O-2].[Zr+4]. The summed E-state index contributed by atoms with van der Waals surface area (Å²) < 4.78 is 0. The molecule has 0 aromatic heterocycles. The van der Waals surface area contributed by atoms with Gasteiger partial charge in [0.25, 0.3) is 0 Å². The van der Waals surface area contributed by atoms with Crippen molar-refractivity contribution in [2.45, 2.75) is 0 Å². The van der Waals surface area contributed by atoms with Crippen molar-refractivity contribution in [1.82, 2.24) is 0 Å². The van der Waals surface area contributed by atoms with E-state index in [9.17, 15) is 0 Å². The molecule has 3 nitrogen and oxygen atoms in total. The fraction of sp³-hybridized carbons (Fsp3) is 0. The Hall–Kier alpha value is 2.02. The summed E-state index contributed by atoms with van der Waals surface area (Å²) >= 11 is 0. The molecule has 0 heterocycles. The molecule has 0 bridgehead atoms. The summed E-state index contributed by atoms with van der Waals surface area (Å²) in [7, 11) is 0. The molecule has 24 valence electrons. The minimum absolute atomic E-state index is 0. The van der Waals surface area contributed by atoms with Gasteiger partial charge in [0, 0.05) is 0 Å². The third-order valence-corrected chi connectivity index (χ3v) is 0. The van der Waals surface area contributed by atoms with E-state index in [1.54, 1.807) is 0 Å². The molecule has 0 unspecified atom stereocenters. The van der Waals surface area contributed by atoms with E-state index in [2.05, 4.69) is 0 Å². The van der Waals surface area contributed by atoms with E-state index >= 15 is 0 Å². The van der Waals surface area contributed by atoms with Gasteiger partial charge < -0.3 is 16.4 Å². The molecule has 0 aliphatic rings. The van der Waals surface area contributed by atoms with Crippen molar-refractivity contribution in [3.05, 3.63) is 0 Å². The summed E-state index contributed by atoms with van der Waals surface area (Å²) in [6.45, 7) is 0. The third-order valence-electron chi connectivity index (χ3n) is 0. The first kappa shape index (κ1) is 62.3. The molecule has 0 spiro atoms. The van der Waals surface area contributed by atoms with Crippen LogP contribution in [0, 0.1) is 0 Å². The smallest absolute Gasteiger partial charge is 2.00 e. The van der Waals surface area contributed by atoms with Gasteiger partial charge in [0.15, 0.2) is 0 Å². The first-order valence-electron chi connectivity index (χ1n) is 0. The Morgan fingerprint density at radius 3 is 0.600 bits per heavy atom. The van der Waals surface area contributed by atoms with Crippen LogP contribution in [-0.4, -0.2) is 37.7 Å². The zero-order chi connectivity index (χ0) is 0. The van der Waals surface area contributed by atoms with Gasteiger partial charge in [-0.25, -0.2) is 0 Å². The Kier molecular flexibility index (Phi) is 462. The second kappa shape index (κ2) is 37.1. The van der Waals surface area contributed by atoms with Crippen LogP contribution >= 0.6 is 0 Å². The van der Waals surface area contributed by atoms with E-state index in [4.69, 9.17) is 0 Å². The van der Waals surface area contributed by atoms with E-state index in [1.165, 1.54) is 0 Å². The molecule has 5 heavy (non-hydrogen) atoms. The van der Waals surface area contributed by atoms with E-state index in [-0.39, 0.29) is 80.4 Å². The average molecular weight is 179 g/mol. The van der Waals surface area contributed by atoms with Gasteiger partial charge in [0.2, 0.25) is 0 Å². The van der Waals surface area contributed by atoms with Crippen LogP contribution in [-0.2, 0) is 42.6 Å². The molecule has 0 saturated carbocycles. The molecule has 0 atom stereocenters. The Bertz CT molecular complexity index is 6.85. The zero-order valence-corrected chi connectivity index (χ0v) is 7.10. The van der Waals surface area contributed by atoms with Gasteiger partial charge in [-0.2, -0.15) is 0 Å². The molecule has 0 aromatic rings. The van der Waals surface area contributed by atoms with Crippen LogP contribution in [0.25, 0.3) is 0 Å². The van der Waals surface area contributed by atoms with Crippen molar-refractivity contribution in [3.63, 3.8) is 0 Å². The average Bonchev–Trinajstić information content (AvgIpc) is 0. The molecule has 5 heteroatoms. The van der Waals surface area contributed by atoms with Gasteiger partial charge in [0.05, 0.1) is 0 Å². The molecule has 0 N–H and O–H groups in total. The largest absolute Gasteiger partial charge is 4.00 e. The van der Waals surface area contributed by atoms with Gasteiger partial charge in [-0.15, -0.1) is 0 Å². The van der Waals surface area contributed by atoms with Crippen LogP contribution in [0.2, 0.25) is 0 Å². The maximum atomic E-state index is 0. The molecule has 0 fully saturated rings. The van der Waals surface area contributed by atoms with Gasteiger partial charge in [-0.05, 0) is 0 Å². The van der Waals surface area contributed by atoms with Crippen molar-refractivity contribution < 1.29 is 42.6 Å². The fourth-order valence-electron chi connectivity index (χ4n) is 0. The minimum atomic E-state index is 0. The standard InChI is InChI=1S/Ca.3O.Zr/q+2;3*-2;+4. The van der Waals surface area contributed by atoms with E-state index < -0.39 is 0 Å². The molecule has 0 aliphatic carbocycles. The Morgan fingerprint density at radius 2 is 0.600 bits per heavy atom. The van der Waals surface area contributed by atoms with E-state index in [0.29, 0.717) is 0 Å². The monoisotopic (exact) mass is 178 g/mol. The molecule has 0 amide bonds. The third kappa shape index (κ3) is 23.8. The molecule has 0 rings (SSSR count). The molecule has 0 aromatic carbocycles. The van der Waals surface area contributed by atoms with Crippen molar-refractivity contribution in [1.29, 1.82) is 0 Å². The fourth-order valence-corrected chi connectivity index (χ4v) is 0. The van der Waals surface area contributed by atoms with Gasteiger partial charge in [0.1, 0.15) is 0 Å². The number of hydrogen-bond acceptors (Lipinski definition) is 0. The normalized spacial score (nSPS) is 0. The van der Waals surface area contributed by atoms with Crippen LogP contribution in [0.1, 0.15) is 0 Å². The Balaban J connectivity index is 0. The Morgan fingerprint density at radius 1 is 0.600 bits per heavy atom. The van der Waals surface area contributed by atoms with Crippen molar-refractivity contribution in [2.24, 2.45) is 0 Å². The van der Waals surface area contributed by atoms with Crippen LogP contribution in [0.4, 0.5) is 0 Å². The van der Waals surface area contributed by atoms with Crippen LogP contribution in [0.5, 0.6) is 0 Å². The van der Waals surface area contributed by atoms with Gasteiger partial charge in [-0.1, -0.05) is 0 Å². The summed E-state index contributed by atoms with van der Waals surface area (Å²) in [4.78, 5) is 0. The predicted molar refractivity (Wildman–Crippen MR) is 7.81 cm³/mol. The van der Waals surface area contributed by atoms with E-state index in [0.717, 1.165) is 0 Å². The second-order valence-electron chi connectivity index (χ2n) is 0. The van der Waals surface area contributed by atoms with Gasteiger partial charge >= 0.3 is 63.9 Å². The first-order valence-corrected chi connectivity index (χ1v) is 0. The molecule has 0 radical (unpaired) electrons. The van der Waals surface area contributed by atoms with Crippen LogP contribution in [0.15, 0.2) is 0 Å². The first-order chi connectivity index (χ1) is 0. The maximum Gasteiger partial charge on any atom is 4.00 e. The van der Waals surface area contributed by atoms with Crippen LogP contribution in [0.3, 0.4) is 0 Å². The summed E-state index contributed by atoms with van der Waals surface area (Å²) in [5.74, 6) is 0. The second-order valence-corrected chi connectivity index (χ2v) is 0.